The van der Waals surface area contributed by atoms with Crippen LogP contribution in [0.4, 0.5) is 0 Å². The number of benzene rings is 3. The standard InChI is InChI=1S/C19H11N3O3/c23-19(16-9-24-10-20-16)25-17-3-1-2-11-4-5-12-7-15-13(8-21-22-15)6-14(12)18(11)17/h1-10H,(H,21,22). The highest BCUT2D eigenvalue weighted by atomic mass is 16.5. The van der Waals surface area contributed by atoms with Crippen molar-refractivity contribution in [1.29, 1.82) is 0 Å². The van der Waals surface area contributed by atoms with E-state index in [1.54, 1.807) is 12.3 Å². The molecule has 0 amide bonds. The Balaban J connectivity index is 1.76. The molecule has 25 heavy (non-hydrogen) atoms. The number of nitrogens with zero attached hydrogens (tertiary/aromatic N) is 2. The minimum atomic E-state index is -0.553. The quantitative estimate of drug-likeness (QED) is 0.300. The summed E-state index contributed by atoms with van der Waals surface area (Å²) >= 11 is 0. The lowest BCUT2D eigenvalue weighted by atomic mass is 10.00. The number of hydrogen-bond acceptors (Lipinski definition) is 5. The number of carbonyl (C=O) groups excluding carboxylic acids is 1. The highest BCUT2D eigenvalue weighted by molar-refractivity contribution is 6.14. The summed E-state index contributed by atoms with van der Waals surface area (Å²) in [7, 11) is 0. The number of hydrogen-bond donors (Lipinski definition) is 1. The molecule has 3 aromatic carbocycles. The number of fused-ring (bicyclic) bond motifs is 4. The number of aromatic amines is 1. The maximum Gasteiger partial charge on any atom is 0.365 e. The molecule has 1 N–H and O–H groups in total. The predicted octanol–water partition coefficient (Wildman–Crippen LogP) is 4.08. The SMILES string of the molecule is O=C(Oc1cccc2ccc3cc4[nH]ncc4cc3c12)c1cocn1. The van der Waals surface area contributed by atoms with E-state index < -0.39 is 5.97 Å². The number of oxazole rings is 1. The van der Waals surface area contributed by atoms with E-state index in [9.17, 15) is 4.79 Å². The molecule has 2 aromatic heterocycles. The first-order valence-corrected chi connectivity index (χ1v) is 7.68. The number of carbonyl (C=O) groups is 1. The first kappa shape index (κ1) is 13.7. The average molecular weight is 329 g/mol. The Morgan fingerprint density at radius 2 is 2.00 bits per heavy atom. The second kappa shape index (κ2) is 5.17. The Morgan fingerprint density at radius 1 is 1.08 bits per heavy atom. The molecule has 6 nitrogen and oxygen atoms in total. The molecule has 0 fully saturated rings. The van der Waals surface area contributed by atoms with E-state index in [-0.39, 0.29) is 5.69 Å². The molecule has 0 radical (unpaired) electrons. The van der Waals surface area contributed by atoms with Crippen LogP contribution in [0.15, 0.2) is 65.7 Å². The molecule has 2 heterocycles. The Labute approximate surface area is 141 Å². The van der Waals surface area contributed by atoms with E-state index in [1.165, 1.54) is 12.7 Å². The molecule has 0 aliphatic heterocycles. The lowest BCUT2D eigenvalue weighted by Gasteiger charge is -2.10. The van der Waals surface area contributed by atoms with Crippen molar-refractivity contribution in [3.8, 4) is 5.75 Å². The Hall–Kier alpha value is -3.67. The predicted molar refractivity (Wildman–Crippen MR) is 92.6 cm³/mol. The molecule has 0 saturated carbocycles. The van der Waals surface area contributed by atoms with Gasteiger partial charge in [-0.1, -0.05) is 24.3 Å². The number of H-pyrrole nitrogens is 1. The van der Waals surface area contributed by atoms with Crippen molar-refractivity contribution < 1.29 is 13.9 Å². The van der Waals surface area contributed by atoms with Crippen LogP contribution in [-0.2, 0) is 0 Å². The molecular weight excluding hydrogens is 318 g/mol. The molecule has 5 aromatic rings. The topological polar surface area (TPSA) is 81.0 Å². The van der Waals surface area contributed by atoms with Crippen molar-refractivity contribution in [2.24, 2.45) is 0 Å². The molecule has 0 saturated heterocycles. The average Bonchev–Trinajstić information content (AvgIpc) is 3.31. The number of esters is 1. The Kier molecular flexibility index (Phi) is 2.84. The summed E-state index contributed by atoms with van der Waals surface area (Å²) in [5.74, 6) is -0.0680. The van der Waals surface area contributed by atoms with Gasteiger partial charge in [-0.2, -0.15) is 5.10 Å². The summed E-state index contributed by atoms with van der Waals surface area (Å²) in [6.07, 6.45) is 4.24. The minimum absolute atomic E-state index is 0.134. The molecule has 0 unspecified atom stereocenters. The number of aromatic nitrogens is 3. The lowest BCUT2D eigenvalue weighted by Crippen LogP contribution is -2.09. The second-order valence-corrected chi connectivity index (χ2v) is 5.71. The van der Waals surface area contributed by atoms with Crippen LogP contribution in [-0.4, -0.2) is 21.2 Å². The fourth-order valence-electron chi connectivity index (χ4n) is 3.07. The first-order chi connectivity index (χ1) is 12.3. The third kappa shape index (κ3) is 2.15. The van der Waals surface area contributed by atoms with Crippen molar-refractivity contribution in [3.05, 3.63) is 67.0 Å². The van der Waals surface area contributed by atoms with Crippen LogP contribution in [0, 0.1) is 0 Å². The zero-order chi connectivity index (χ0) is 16.8. The van der Waals surface area contributed by atoms with E-state index >= 15 is 0 Å². The Morgan fingerprint density at radius 3 is 2.88 bits per heavy atom. The van der Waals surface area contributed by atoms with Crippen LogP contribution < -0.4 is 4.74 Å². The highest BCUT2D eigenvalue weighted by Gasteiger charge is 2.15. The smallest absolute Gasteiger partial charge is 0.365 e. The first-order valence-electron chi connectivity index (χ1n) is 7.68. The van der Waals surface area contributed by atoms with E-state index in [1.807, 2.05) is 36.4 Å². The van der Waals surface area contributed by atoms with Gasteiger partial charge in [-0.3, -0.25) is 5.10 Å². The minimum Gasteiger partial charge on any atom is -0.451 e. The summed E-state index contributed by atoms with van der Waals surface area (Å²) in [5.41, 5.74) is 1.10. The Bertz CT molecular complexity index is 1240. The molecule has 0 atom stereocenters. The number of rotatable bonds is 2. The zero-order valence-electron chi connectivity index (χ0n) is 12.9. The molecular formula is C19H11N3O3. The van der Waals surface area contributed by atoms with Crippen molar-refractivity contribution in [3.63, 3.8) is 0 Å². The van der Waals surface area contributed by atoms with Gasteiger partial charge in [0.15, 0.2) is 12.1 Å². The van der Waals surface area contributed by atoms with Crippen molar-refractivity contribution in [1.82, 2.24) is 15.2 Å². The normalized spacial score (nSPS) is 11.4. The van der Waals surface area contributed by atoms with E-state index in [0.29, 0.717) is 5.75 Å². The van der Waals surface area contributed by atoms with Gasteiger partial charge in [0.25, 0.3) is 0 Å². The summed E-state index contributed by atoms with van der Waals surface area (Å²) in [6.45, 7) is 0. The number of ether oxygens (including phenoxy) is 1. The van der Waals surface area contributed by atoms with Crippen LogP contribution in [0.1, 0.15) is 10.5 Å². The molecule has 0 spiro atoms. The third-order valence-corrected chi connectivity index (χ3v) is 4.22. The van der Waals surface area contributed by atoms with Gasteiger partial charge in [0.1, 0.15) is 12.0 Å². The molecule has 0 aliphatic rings. The summed E-state index contributed by atoms with van der Waals surface area (Å²) < 4.78 is 10.4. The monoisotopic (exact) mass is 329 g/mol. The van der Waals surface area contributed by atoms with Gasteiger partial charge in [-0.25, -0.2) is 9.78 Å². The van der Waals surface area contributed by atoms with Gasteiger partial charge < -0.3 is 9.15 Å². The second-order valence-electron chi connectivity index (χ2n) is 5.71. The van der Waals surface area contributed by atoms with Crippen molar-refractivity contribution in [2.45, 2.75) is 0 Å². The molecule has 120 valence electrons. The van der Waals surface area contributed by atoms with E-state index in [2.05, 4.69) is 15.2 Å². The molecule has 0 bridgehead atoms. The van der Waals surface area contributed by atoms with Crippen molar-refractivity contribution >= 4 is 38.4 Å². The summed E-state index contributed by atoms with van der Waals surface area (Å²) in [5, 5.41) is 11.9. The van der Waals surface area contributed by atoms with Gasteiger partial charge in [0.05, 0.1) is 11.7 Å². The van der Waals surface area contributed by atoms with Gasteiger partial charge in [0, 0.05) is 10.8 Å². The van der Waals surface area contributed by atoms with Gasteiger partial charge in [-0.05, 0) is 34.4 Å². The fourth-order valence-corrected chi connectivity index (χ4v) is 3.07. The molecule has 6 heteroatoms. The molecule has 0 aliphatic carbocycles. The number of nitrogens with one attached hydrogen (secondary N) is 1. The maximum absolute atomic E-state index is 12.3. The highest BCUT2D eigenvalue weighted by Crippen LogP contribution is 2.35. The van der Waals surface area contributed by atoms with Crippen LogP contribution in [0.2, 0.25) is 0 Å². The van der Waals surface area contributed by atoms with Crippen LogP contribution in [0.3, 0.4) is 0 Å². The van der Waals surface area contributed by atoms with Crippen LogP contribution in [0.5, 0.6) is 5.75 Å². The van der Waals surface area contributed by atoms with Crippen LogP contribution in [0.25, 0.3) is 32.4 Å². The van der Waals surface area contributed by atoms with Gasteiger partial charge in [-0.15, -0.1) is 0 Å². The summed E-state index contributed by atoms with van der Waals surface area (Å²) in [6, 6.07) is 13.8. The van der Waals surface area contributed by atoms with E-state index in [4.69, 9.17) is 9.15 Å². The fraction of sp³-hybridized carbons (Fsp3) is 0. The lowest BCUT2D eigenvalue weighted by molar-refractivity contribution is 0.0731. The zero-order valence-corrected chi connectivity index (χ0v) is 12.9. The molecule has 5 rings (SSSR count). The van der Waals surface area contributed by atoms with Gasteiger partial charge in [0.2, 0.25) is 0 Å². The van der Waals surface area contributed by atoms with Crippen LogP contribution >= 0.6 is 0 Å². The third-order valence-electron chi connectivity index (χ3n) is 4.22. The van der Waals surface area contributed by atoms with Crippen molar-refractivity contribution in [2.75, 3.05) is 0 Å². The largest absolute Gasteiger partial charge is 0.451 e. The summed E-state index contributed by atoms with van der Waals surface area (Å²) in [4.78, 5) is 16.1. The van der Waals surface area contributed by atoms with E-state index in [0.717, 1.165) is 32.4 Å². The maximum atomic E-state index is 12.3. The van der Waals surface area contributed by atoms with Gasteiger partial charge >= 0.3 is 5.97 Å².